The molecule has 5 nitrogen and oxygen atoms in total. The normalized spacial score (nSPS) is 19.9. The SMILES string of the molecule is C[C@H]1CCCCN1c1nnc2c(Cl)nccn12.S. The van der Waals surface area contributed by atoms with Crippen LogP contribution in [0.15, 0.2) is 12.4 Å². The quantitative estimate of drug-likeness (QED) is 0.806. The average molecular weight is 286 g/mol. The monoisotopic (exact) mass is 285 g/mol. The Hall–Kier alpha value is -1.01. The van der Waals surface area contributed by atoms with Gasteiger partial charge in [0, 0.05) is 25.0 Å². The van der Waals surface area contributed by atoms with E-state index in [4.69, 9.17) is 11.6 Å². The lowest BCUT2D eigenvalue weighted by molar-refractivity contribution is 0.476. The molecule has 0 radical (unpaired) electrons. The fraction of sp³-hybridized carbons (Fsp3) is 0.545. The lowest BCUT2D eigenvalue weighted by Gasteiger charge is -2.33. The van der Waals surface area contributed by atoms with Crippen molar-refractivity contribution in [1.82, 2.24) is 19.6 Å². The van der Waals surface area contributed by atoms with Crippen molar-refractivity contribution in [3.8, 4) is 0 Å². The molecule has 7 heteroatoms. The molecule has 0 bridgehead atoms. The van der Waals surface area contributed by atoms with Crippen LogP contribution in [0, 0.1) is 0 Å². The van der Waals surface area contributed by atoms with E-state index in [-0.39, 0.29) is 13.5 Å². The van der Waals surface area contributed by atoms with Crippen molar-refractivity contribution < 1.29 is 0 Å². The second-order valence-electron chi connectivity index (χ2n) is 4.45. The van der Waals surface area contributed by atoms with Crippen LogP contribution in [0.25, 0.3) is 5.65 Å². The average Bonchev–Trinajstić information content (AvgIpc) is 2.75. The number of piperidine rings is 1. The van der Waals surface area contributed by atoms with E-state index in [1.165, 1.54) is 19.3 Å². The summed E-state index contributed by atoms with van der Waals surface area (Å²) in [6.45, 7) is 3.25. The minimum absolute atomic E-state index is 0. The Morgan fingerprint density at radius 3 is 2.94 bits per heavy atom. The predicted octanol–water partition coefficient (Wildman–Crippen LogP) is 2.27. The van der Waals surface area contributed by atoms with E-state index in [0.717, 1.165) is 12.5 Å². The molecule has 0 aliphatic carbocycles. The van der Waals surface area contributed by atoms with Gasteiger partial charge < -0.3 is 4.90 Å². The summed E-state index contributed by atoms with van der Waals surface area (Å²) in [6, 6.07) is 0.503. The molecule has 0 aromatic carbocycles. The standard InChI is InChI=1S/C11H14ClN5.H2S/c1-8-4-2-3-6-16(8)11-15-14-10-9(12)13-5-7-17(10)11;/h5,7-8H,2-4,6H2,1H3;1H2/t8-;/m0./s1. The van der Waals surface area contributed by atoms with Gasteiger partial charge in [0.05, 0.1) is 0 Å². The largest absolute Gasteiger partial charge is 0.338 e. The van der Waals surface area contributed by atoms with Crippen molar-refractivity contribution in [3.05, 3.63) is 17.5 Å². The zero-order valence-corrected chi connectivity index (χ0v) is 11.9. The van der Waals surface area contributed by atoms with Crippen LogP contribution in [0.2, 0.25) is 5.15 Å². The van der Waals surface area contributed by atoms with Crippen molar-refractivity contribution in [1.29, 1.82) is 0 Å². The lowest BCUT2D eigenvalue weighted by atomic mass is 10.0. The predicted molar refractivity (Wildman–Crippen MR) is 76.8 cm³/mol. The van der Waals surface area contributed by atoms with Crippen molar-refractivity contribution in [2.75, 3.05) is 11.4 Å². The van der Waals surface area contributed by atoms with Gasteiger partial charge >= 0.3 is 0 Å². The molecule has 3 rings (SSSR count). The fourth-order valence-corrected chi connectivity index (χ4v) is 2.56. The van der Waals surface area contributed by atoms with Gasteiger partial charge in [0.1, 0.15) is 0 Å². The maximum Gasteiger partial charge on any atom is 0.232 e. The number of aromatic nitrogens is 4. The molecule has 2 aromatic rings. The van der Waals surface area contributed by atoms with E-state index in [1.54, 1.807) is 6.20 Å². The topological polar surface area (TPSA) is 46.3 Å². The van der Waals surface area contributed by atoms with Crippen LogP contribution in [0.3, 0.4) is 0 Å². The zero-order valence-electron chi connectivity index (χ0n) is 10.2. The third-order valence-electron chi connectivity index (χ3n) is 3.33. The van der Waals surface area contributed by atoms with E-state index in [1.807, 2.05) is 10.6 Å². The second-order valence-corrected chi connectivity index (χ2v) is 4.81. The molecule has 1 fully saturated rings. The third kappa shape index (κ3) is 2.14. The maximum atomic E-state index is 5.99. The van der Waals surface area contributed by atoms with Gasteiger partial charge in [0.25, 0.3) is 0 Å². The Labute approximate surface area is 118 Å². The molecule has 1 aliphatic heterocycles. The van der Waals surface area contributed by atoms with Crippen LogP contribution in [-0.4, -0.2) is 32.2 Å². The first-order chi connectivity index (χ1) is 8.27. The van der Waals surface area contributed by atoms with E-state index in [0.29, 0.717) is 16.8 Å². The van der Waals surface area contributed by atoms with E-state index in [2.05, 4.69) is 27.0 Å². The summed E-state index contributed by atoms with van der Waals surface area (Å²) in [5.41, 5.74) is 0.627. The van der Waals surface area contributed by atoms with Crippen LogP contribution in [-0.2, 0) is 0 Å². The Morgan fingerprint density at radius 1 is 1.33 bits per heavy atom. The molecule has 2 aromatic heterocycles. The summed E-state index contributed by atoms with van der Waals surface area (Å²) >= 11 is 5.99. The van der Waals surface area contributed by atoms with E-state index < -0.39 is 0 Å². The van der Waals surface area contributed by atoms with Crippen LogP contribution >= 0.6 is 25.1 Å². The summed E-state index contributed by atoms with van der Waals surface area (Å²) in [6.07, 6.45) is 7.23. The Kier molecular flexibility index (Phi) is 3.97. The molecule has 18 heavy (non-hydrogen) atoms. The number of hydrogen-bond acceptors (Lipinski definition) is 4. The Balaban J connectivity index is 0.00000120. The van der Waals surface area contributed by atoms with Crippen molar-refractivity contribution in [2.24, 2.45) is 0 Å². The number of fused-ring (bicyclic) bond motifs is 1. The molecule has 0 saturated carbocycles. The molecule has 0 spiro atoms. The second kappa shape index (κ2) is 5.32. The first kappa shape index (κ1) is 13.4. The molecule has 0 amide bonds. The molecular formula is C11H16ClN5S. The highest BCUT2D eigenvalue weighted by molar-refractivity contribution is 7.59. The number of hydrogen-bond donors (Lipinski definition) is 0. The zero-order chi connectivity index (χ0) is 11.8. The molecular weight excluding hydrogens is 270 g/mol. The highest BCUT2D eigenvalue weighted by Crippen LogP contribution is 2.24. The number of rotatable bonds is 1. The summed E-state index contributed by atoms with van der Waals surface area (Å²) in [7, 11) is 0. The first-order valence-electron chi connectivity index (χ1n) is 5.89. The van der Waals surface area contributed by atoms with Crippen molar-refractivity contribution in [3.63, 3.8) is 0 Å². The van der Waals surface area contributed by atoms with Crippen LogP contribution < -0.4 is 4.90 Å². The van der Waals surface area contributed by atoms with Gasteiger partial charge in [0.15, 0.2) is 10.8 Å². The molecule has 1 aliphatic rings. The third-order valence-corrected chi connectivity index (χ3v) is 3.59. The van der Waals surface area contributed by atoms with Crippen molar-refractivity contribution in [2.45, 2.75) is 32.2 Å². The lowest BCUT2D eigenvalue weighted by Crippen LogP contribution is -2.38. The van der Waals surface area contributed by atoms with Gasteiger partial charge in [0.2, 0.25) is 5.95 Å². The Morgan fingerprint density at radius 2 is 2.17 bits per heavy atom. The summed E-state index contributed by atoms with van der Waals surface area (Å²) in [5, 5.41) is 8.75. The van der Waals surface area contributed by atoms with Gasteiger partial charge in [-0.3, -0.25) is 4.40 Å². The molecule has 98 valence electrons. The van der Waals surface area contributed by atoms with Gasteiger partial charge in [-0.05, 0) is 26.2 Å². The summed E-state index contributed by atoms with van der Waals surface area (Å²) in [4.78, 5) is 6.30. The van der Waals surface area contributed by atoms with Gasteiger partial charge in [-0.15, -0.1) is 10.2 Å². The Bertz CT molecular complexity index is 543. The van der Waals surface area contributed by atoms with Crippen LogP contribution in [0.5, 0.6) is 0 Å². The number of halogens is 1. The number of anilines is 1. The van der Waals surface area contributed by atoms with Crippen LogP contribution in [0.4, 0.5) is 5.95 Å². The van der Waals surface area contributed by atoms with Gasteiger partial charge in [-0.1, -0.05) is 11.6 Å². The van der Waals surface area contributed by atoms with Gasteiger partial charge in [-0.2, -0.15) is 13.5 Å². The number of nitrogens with zero attached hydrogens (tertiary/aromatic N) is 5. The van der Waals surface area contributed by atoms with E-state index in [9.17, 15) is 0 Å². The first-order valence-corrected chi connectivity index (χ1v) is 6.27. The molecule has 0 unspecified atom stereocenters. The molecule has 0 N–H and O–H groups in total. The summed E-state index contributed by atoms with van der Waals surface area (Å²) in [5.74, 6) is 0.872. The highest BCUT2D eigenvalue weighted by Gasteiger charge is 2.23. The minimum Gasteiger partial charge on any atom is -0.338 e. The van der Waals surface area contributed by atoms with Crippen molar-refractivity contribution >= 4 is 36.7 Å². The maximum absolute atomic E-state index is 5.99. The van der Waals surface area contributed by atoms with Gasteiger partial charge in [-0.25, -0.2) is 4.98 Å². The molecule has 1 saturated heterocycles. The van der Waals surface area contributed by atoms with Crippen LogP contribution in [0.1, 0.15) is 26.2 Å². The molecule has 3 heterocycles. The molecule has 1 atom stereocenters. The smallest absolute Gasteiger partial charge is 0.232 e. The fourth-order valence-electron chi connectivity index (χ4n) is 2.38. The highest BCUT2D eigenvalue weighted by atomic mass is 35.5. The summed E-state index contributed by atoms with van der Waals surface area (Å²) < 4.78 is 1.91. The van der Waals surface area contributed by atoms with E-state index >= 15 is 0 Å². The minimum atomic E-state index is 0.